The quantitative estimate of drug-likeness (QED) is 0.554. The van der Waals surface area contributed by atoms with Crippen LogP contribution < -0.4 is 5.32 Å². The van der Waals surface area contributed by atoms with E-state index in [9.17, 15) is 4.79 Å². The van der Waals surface area contributed by atoms with Crippen LogP contribution in [0.25, 0.3) is 0 Å². The van der Waals surface area contributed by atoms with Gasteiger partial charge in [0.15, 0.2) is 11.5 Å². The molecule has 0 unspecified atom stereocenters. The molecule has 0 atom stereocenters. The van der Waals surface area contributed by atoms with E-state index >= 15 is 0 Å². The van der Waals surface area contributed by atoms with Crippen LogP contribution >= 0.6 is 0 Å². The van der Waals surface area contributed by atoms with E-state index in [1.54, 1.807) is 0 Å². The Hall–Kier alpha value is -2.09. The SMILES string of the molecule is C#CCCCNc1nccnc1C(=O)O. The van der Waals surface area contributed by atoms with Gasteiger partial charge in [-0.25, -0.2) is 14.8 Å². The number of anilines is 1. The van der Waals surface area contributed by atoms with Gasteiger partial charge in [-0.15, -0.1) is 12.3 Å². The highest BCUT2D eigenvalue weighted by Gasteiger charge is 2.11. The van der Waals surface area contributed by atoms with Crippen molar-refractivity contribution in [1.29, 1.82) is 0 Å². The molecule has 1 heterocycles. The molecule has 0 aromatic carbocycles. The summed E-state index contributed by atoms with van der Waals surface area (Å²) in [5.74, 6) is 1.68. The predicted octanol–water partition coefficient (Wildman–Crippen LogP) is 1.00. The van der Waals surface area contributed by atoms with Crippen molar-refractivity contribution in [2.24, 2.45) is 0 Å². The lowest BCUT2D eigenvalue weighted by Crippen LogP contribution is -2.11. The second-order valence-corrected chi connectivity index (χ2v) is 2.79. The molecule has 0 saturated heterocycles. The molecular weight excluding hydrogens is 194 g/mol. The number of carboxylic acid groups (broad SMARTS) is 1. The summed E-state index contributed by atoms with van der Waals surface area (Å²) in [4.78, 5) is 18.3. The Balaban J connectivity index is 2.60. The molecule has 1 aromatic rings. The van der Waals surface area contributed by atoms with Crippen LogP contribution in [0.3, 0.4) is 0 Å². The van der Waals surface area contributed by atoms with Crippen LogP contribution in [0, 0.1) is 12.3 Å². The number of nitrogens with zero attached hydrogens (tertiary/aromatic N) is 2. The smallest absolute Gasteiger partial charge is 0.358 e. The van der Waals surface area contributed by atoms with E-state index in [-0.39, 0.29) is 11.5 Å². The van der Waals surface area contributed by atoms with Gasteiger partial charge >= 0.3 is 5.97 Å². The van der Waals surface area contributed by atoms with Gasteiger partial charge in [-0.2, -0.15) is 0 Å². The van der Waals surface area contributed by atoms with E-state index in [0.29, 0.717) is 13.0 Å². The molecule has 0 spiro atoms. The molecule has 0 aliphatic rings. The minimum absolute atomic E-state index is 0.0711. The molecule has 15 heavy (non-hydrogen) atoms. The van der Waals surface area contributed by atoms with Gasteiger partial charge in [-0.05, 0) is 6.42 Å². The highest BCUT2D eigenvalue weighted by Crippen LogP contribution is 2.07. The zero-order valence-electron chi connectivity index (χ0n) is 8.10. The average molecular weight is 205 g/mol. The van der Waals surface area contributed by atoms with E-state index in [1.165, 1.54) is 12.4 Å². The topological polar surface area (TPSA) is 75.1 Å². The van der Waals surface area contributed by atoms with E-state index in [1.807, 2.05) is 0 Å². The van der Waals surface area contributed by atoms with Crippen molar-refractivity contribution in [2.45, 2.75) is 12.8 Å². The molecule has 0 amide bonds. The molecule has 0 fully saturated rings. The largest absolute Gasteiger partial charge is 0.476 e. The molecule has 78 valence electrons. The molecule has 5 nitrogen and oxygen atoms in total. The Kier molecular flexibility index (Phi) is 4.10. The van der Waals surface area contributed by atoms with Crippen LogP contribution in [0.5, 0.6) is 0 Å². The van der Waals surface area contributed by atoms with Crippen LogP contribution in [-0.2, 0) is 0 Å². The molecule has 0 radical (unpaired) electrons. The Bertz CT molecular complexity index is 384. The number of hydrogen-bond donors (Lipinski definition) is 2. The van der Waals surface area contributed by atoms with E-state index < -0.39 is 5.97 Å². The Morgan fingerprint density at radius 3 is 2.93 bits per heavy atom. The zero-order valence-corrected chi connectivity index (χ0v) is 8.10. The van der Waals surface area contributed by atoms with Gasteiger partial charge in [0, 0.05) is 25.4 Å². The zero-order chi connectivity index (χ0) is 11.1. The van der Waals surface area contributed by atoms with Crippen molar-refractivity contribution in [3.8, 4) is 12.3 Å². The lowest BCUT2D eigenvalue weighted by atomic mass is 10.3. The second-order valence-electron chi connectivity index (χ2n) is 2.79. The number of carboxylic acids is 1. The maximum absolute atomic E-state index is 10.7. The minimum atomic E-state index is -1.09. The molecule has 0 aliphatic heterocycles. The highest BCUT2D eigenvalue weighted by molar-refractivity contribution is 5.90. The van der Waals surface area contributed by atoms with Crippen molar-refractivity contribution >= 4 is 11.8 Å². The van der Waals surface area contributed by atoms with Gasteiger partial charge in [-0.3, -0.25) is 0 Å². The summed E-state index contributed by atoms with van der Waals surface area (Å²) in [7, 11) is 0. The molecule has 1 aromatic heterocycles. The Morgan fingerprint density at radius 2 is 2.27 bits per heavy atom. The average Bonchev–Trinajstić information content (AvgIpc) is 2.25. The van der Waals surface area contributed by atoms with Gasteiger partial charge in [0.05, 0.1) is 0 Å². The Labute approximate surface area is 87.6 Å². The van der Waals surface area contributed by atoms with Crippen LogP contribution in [-0.4, -0.2) is 27.6 Å². The summed E-state index contributed by atoms with van der Waals surface area (Å²) >= 11 is 0. The van der Waals surface area contributed by atoms with E-state index in [0.717, 1.165) is 6.42 Å². The van der Waals surface area contributed by atoms with Crippen LogP contribution in [0.4, 0.5) is 5.82 Å². The van der Waals surface area contributed by atoms with Crippen LogP contribution in [0.2, 0.25) is 0 Å². The standard InChI is InChI=1S/C10H11N3O2/c1-2-3-4-5-12-9-8(10(14)15)11-6-7-13-9/h1,6-7H,3-5H2,(H,12,13)(H,14,15). The van der Waals surface area contributed by atoms with Gasteiger partial charge in [0.1, 0.15) is 0 Å². The monoisotopic (exact) mass is 205 g/mol. The van der Waals surface area contributed by atoms with Gasteiger partial charge in [-0.1, -0.05) is 0 Å². The fraction of sp³-hybridized carbons (Fsp3) is 0.300. The molecular formula is C10H11N3O2. The van der Waals surface area contributed by atoms with Crippen LogP contribution in [0.15, 0.2) is 12.4 Å². The number of nitrogens with one attached hydrogen (secondary N) is 1. The van der Waals surface area contributed by atoms with Crippen molar-refractivity contribution < 1.29 is 9.90 Å². The number of hydrogen-bond acceptors (Lipinski definition) is 4. The number of unbranched alkanes of at least 4 members (excludes halogenated alkanes) is 1. The number of terminal acetylenes is 1. The summed E-state index contributed by atoms with van der Waals surface area (Å²) in [6, 6.07) is 0. The first-order chi connectivity index (χ1) is 7.25. The fourth-order valence-corrected chi connectivity index (χ4v) is 1.02. The highest BCUT2D eigenvalue weighted by atomic mass is 16.4. The summed E-state index contributed by atoms with van der Waals surface area (Å²) in [5, 5.41) is 11.7. The molecule has 5 heteroatoms. The maximum Gasteiger partial charge on any atom is 0.358 e. The van der Waals surface area contributed by atoms with E-state index in [4.69, 9.17) is 11.5 Å². The minimum Gasteiger partial charge on any atom is -0.476 e. The fourth-order valence-electron chi connectivity index (χ4n) is 1.02. The lowest BCUT2D eigenvalue weighted by Gasteiger charge is -2.05. The predicted molar refractivity (Wildman–Crippen MR) is 55.5 cm³/mol. The first kappa shape index (κ1) is 11.0. The molecule has 0 bridgehead atoms. The molecule has 2 N–H and O–H groups in total. The third-order valence-electron chi connectivity index (χ3n) is 1.69. The van der Waals surface area contributed by atoms with E-state index in [2.05, 4.69) is 21.2 Å². The van der Waals surface area contributed by atoms with Crippen molar-refractivity contribution in [3.05, 3.63) is 18.1 Å². The molecule has 1 rings (SSSR count). The van der Waals surface area contributed by atoms with Gasteiger partial charge in [0.25, 0.3) is 0 Å². The number of rotatable bonds is 5. The summed E-state index contributed by atoms with van der Waals surface area (Å²) in [5.41, 5.74) is -0.0711. The first-order valence-electron chi connectivity index (χ1n) is 4.47. The maximum atomic E-state index is 10.7. The van der Waals surface area contributed by atoms with Crippen LogP contribution in [0.1, 0.15) is 23.3 Å². The lowest BCUT2D eigenvalue weighted by molar-refractivity contribution is 0.0691. The molecule has 0 aliphatic carbocycles. The van der Waals surface area contributed by atoms with Gasteiger partial charge < -0.3 is 10.4 Å². The van der Waals surface area contributed by atoms with Crippen molar-refractivity contribution in [2.75, 3.05) is 11.9 Å². The summed E-state index contributed by atoms with van der Waals surface area (Å²) < 4.78 is 0. The second kappa shape index (κ2) is 5.60. The number of carbonyl (C=O) groups is 1. The van der Waals surface area contributed by atoms with Crippen molar-refractivity contribution in [3.63, 3.8) is 0 Å². The third kappa shape index (κ3) is 3.27. The normalized spacial score (nSPS) is 9.27. The number of aromatic nitrogens is 2. The first-order valence-corrected chi connectivity index (χ1v) is 4.47. The molecule has 0 saturated carbocycles. The summed E-state index contributed by atoms with van der Waals surface area (Å²) in [6.45, 7) is 0.586. The Morgan fingerprint density at radius 1 is 1.53 bits per heavy atom. The van der Waals surface area contributed by atoms with Crippen molar-refractivity contribution in [1.82, 2.24) is 9.97 Å². The van der Waals surface area contributed by atoms with Gasteiger partial charge in [0.2, 0.25) is 0 Å². The third-order valence-corrected chi connectivity index (χ3v) is 1.69. The summed E-state index contributed by atoms with van der Waals surface area (Å²) in [6.07, 6.45) is 9.29. The number of aromatic carboxylic acids is 1.